The van der Waals surface area contributed by atoms with E-state index in [-0.39, 0.29) is 17.5 Å². The Morgan fingerprint density at radius 2 is 2.00 bits per heavy atom. The van der Waals surface area contributed by atoms with Crippen LogP contribution >= 0.6 is 27.5 Å². The largest absolute Gasteiger partial charge is 0.488 e. The lowest BCUT2D eigenvalue weighted by Gasteiger charge is -2.22. The molecule has 1 aliphatic rings. The first kappa shape index (κ1) is 21.4. The number of benzene rings is 2. The van der Waals surface area contributed by atoms with Crippen LogP contribution in [0.15, 0.2) is 52.5 Å². The summed E-state index contributed by atoms with van der Waals surface area (Å²) >= 11 is 9.66. The monoisotopic (exact) mass is 472 g/mol. The zero-order chi connectivity index (χ0) is 20.6. The third-order valence-electron chi connectivity index (χ3n) is 4.91. The van der Waals surface area contributed by atoms with Crippen molar-refractivity contribution in [2.75, 3.05) is 0 Å². The summed E-state index contributed by atoms with van der Waals surface area (Å²) in [7, 11) is 0. The molecule has 0 atom stereocenters. The van der Waals surface area contributed by atoms with Gasteiger partial charge in [0.25, 0.3) is 5.91 Å². The Kier molecular flexibility index (Phi) is 7.74. The summed E-state index contributed by atoms with van der Waals surface area (Å²) in [5, 5.41) is 13.1. The van der Waals surface area contributed by atoms with Gasteiger partial charge in [0.15, 0.2) is 0 Å². The molecular formula is C23H22BrClN2O2. The van der Waals surface area contributed by atoms with Gasteiger partial charge in [0.2, 0.25) is 0 Å². The number of hydrogen-bond donors (Lipinski definition) is 1. The molecule has 1 amide bonds. The van der Waals surface area contributed by atoms with Gasteiger partial charge in [-0.15, -0.1) is 0 Å². The second-order valence-corrected chi connectivity index (χ2v) is 8.31. The summed E-state index contributed by atoms with van der Waals surface area (Å²) in [6.45, 7) is 0.348. The number of nitrogens with one attached hydrogen (secondary N) is 1. The topological polar surface area (TPSA) is 62.1 Å². The molecule has 1 N–H and O–H groups in total. The molecule has 0 unspecified atom stereocenters. The van der Waals surface area contributed by atoms with Gasteiger partial charge < -0.3 is 10.1 Å². The highest BCUT2D eigenvalue weighted by Crippen LogP contribution is 2.28. The van der Waals surface area contributed by atoms with Crippen LogP contribution in [0, 0.1) is 11.3 Å². The molecular weight excluding hydrogens is 452 g/mol. The first-order chi connectivity index (χ1) is 14.1. The molecule has 0 heterocycles. The molecule has 2 aromatic rings. The lowest BCUT2D eigenvalue weighted by molar-refractivity contribution is -0.117. The standard InChI is InChI=1S/C23H22BrClN2O2/c24-20-13-16(10-11-22(20)29-15-17-6-4-5-9-21(17)25)12-18(14-26)23(28)27-19-7-2-1-3-8-19/h4-6,9-13,19H,1-3,7-8,15H2,(H,27,28)/b18-12+. The highest BCUT2D eigenvalue weighted by atomic mass is 79.9. The first-order valence-electron chi connectivity index (χ1n) is 9.65. The van der Waals surface area contributed by atoms with Crippen molar-refractivity contribution in [2.24, 2.45) is 0 Å². The van der Waals surface area contributed by atoms with Gasteiger partial charge in [0, 0.05) is 16.6 Å². The van der Waals surface area contributed by atoms with Gasteiger partial charge in [0.1, 0.15) is 24.0 Å². The molecule has 0 saturated heterocycles. The van der Waals surface area contributed by atoms with E-state index in [1.54, 1.807) is 12.1 Å². The highest BCUT2D eigenvalue weighted by Gasteiger charge is 2.18. The maximum atomic E-state index is 12.4. The van der Waals surface area contributed by atoms with Crippen molar-refractivity contribution >= 4 is 39.5 Å². The summed E-state index contributed by atoms with van der Waals surface area (Å²) < 4.78 is 6.58. The first-order valence-corrected chi connectivity index (χ1v) is 10.8. The van der Waals surface area contributed by atoms with Gasteiger partial charge in [-0.25, -0.2) is 0 Å². The molecule has 0 radical (unpaired) electrons. The molecule has 0 aromatic heterocycles. The van der Waals surface area contributed by atoms with E-state index in [2.05, 4.69) is 21.2 Å². The molecule has 6 heteroatoms. The number of carbonyl (C=O) groups excluding carboxylic acids is 1. The fraction of sp³-hybridized carbons (Fsp3) is 0.304. The Hall–Kier alpha value is -2.29. The minimum atomic E-state index is -0.311. The number of rotatable bonds is 6. The molecule has 0 spiro atoms. The Morgan fingerprint density at radius 3 is 2.69 bits per heavy atom. The fourth-order valence-corrected chi connectivity index (χ4v) is 4.02. The molecule has 150 valence electrons. The number of hydrogen-bond acceptors (Lipinski definition) is 3. The lowest BCUT2D eigenvalue weighted by Crippen LogP contribution is -2.36. The van der Waals surface area contributed by atoms with Gasteiger partial charge in [-0.1, -0.05) is 55.1 Å². The summed E-state index contributed by atoms with van der Waals surface area (Å²) in [5.74, 6) is 0.349. The summed E-state index contributed by atoms with van der Waals surface area (Å²) in [6, 6.07) is 15.2. The molecule has 0 aliphatic heterocycles. The third kappa shape index (κ3) is 6.09. The van der Waals surface area contributed by atoms with E-state index in [9.17, 15) is 10.1 Å². The minimum absolute atomic E-state index is 0.104. The van der Waals surface area contributed by atoms with Crippen molar-refractivity contribution in [1.29, 1.82) is 5.26 Å². The quantitative estimate of drug-likeness (QED) is 0.411. The van der Waals surface area contributed by atoms with Crippen LogP contribution < -0.4 is 10.1 Å². The van der Waals surface area contributed by atoms with Crippen LogP contribution in [0.3, 0.4) is 0 Å². The number of carbonyl (C=O) groups is 1. The number of nitrogens with zero attached hydrogens (tertiary/aromatic N) is 1. The van der Waals surface area contributed by atoms with Crippen LogP contribution in [0.2, 0.25) is 5.02 Å². The second-order valence-electron chi connectivity index (χ2n) is 7.05. The van der Waals surface area contributed by atoms with Crippen molar-refractivity contribution in [3.63, 3.8) is 0 Å². The molecule has 29 heavy (non-hydrogen) atoms. The predicted molar refractivity (Wildman–Crippen MR) is 119 cm³/mol. The zero-order valence-corrected chi connectivity index (χ0v) is 18.3. The third-order valence-corrected chi connectivity index (χ3v) is 5.90. The van der Waals surface area contributed by atoms with Crippen molar-refractivity contribution in [3.05, 3.63) is 68.7 Å². The Balaban J connectivity index is 1.66. The molecule has 3 rings (SSSR count). The van der Waals surface area contributed by atoms with Crippen LogP contribution in [0.4, 0.5) is 0 Å². The average Bonchev–Trinajstić information content (AvgIpc) is 2.73. The minimum Gasteiger partial charge on any atom is -0.488 e. The van der Waals surface area contributed by atoms with Crippen molar-refractivity contribution in [2.45, 2.75) is 44.8 Å². The molecule has 0 bridgehead atoms. The number of nitriles is 1. The molecule has 1 aliphatic carbocycles. The average molecular weight is 474 g/mol. The van der Waals surface area contributed by atoms with Crippen LogP contribution in [0.25, 0.3) is 6.08 Å². The van der Waals surface area contributed by atoms with Crippen molar-refractivity contribution < 1.29 is 9.53 Å². The summed E-state index contributed by atoms with van der Waals surface area (Å²) in [6.07, 6.45) is 7.02. The van der Waals surface area contributed by atoms with Crippen LogP contribution in [-0.4, -0.2) is 11.9 Å². The number of amides is 1. The van der Waals surface area contributed by atoms with Gasteiger partial charge >= 0.3 is 0 Å². The Morgan fingerprint density at radius 1 is 1.24 bits per heavy atom. The molecule has 2 aromatic carbocycles. The van der Waals surface area contributed by atoms with Gasteiger partial charge in [-0.2, -0.15) is 5.26 Å². The van der Waals surface area contributed by atoms with E-state index >= 15 is 0 Å². The predicted octanol–water partition coefficient (Wildman–Crippen LogP) is 6.04. The van der Waals surface area contributed by atoms with Gasteiger partial charge in [-0.05, 0) is 58.6 Å². The molecule has 4 nitrogen and oxygen atoms in total. The maximum absolute atomic E-state index is 12.4. The van der Waals surface area contributed by atoms with Gasteiger partial charge in [-0.3, -0.25) is 4.79 Å². The number of ether oxygens (including phenoxy) is 1. The van der Waals surface area contributed by atoms with E-state index in [0.717, 1.165) is 41.3 Å². The van der Waals surface area contributed by atoms with Crippen LogP contribution in [0.1, 0.15) is 43.2 Å². The fourth-order valence-electron chi connectivity index (χ4n) is 3.32. The normalized spacial score (nSPS) is 14.9. The van der Waals surface area contributed by atoms with Crippen molar-refractivity contribution in [1.82, 2.24) is 5.32 Å². The lowest BCUT2D eigenvalue weighted by atomic mass is 9.95. The SMILES string of the molecule is N#C/C(=C\c1ccc(OCc2ccccc2Cl)c(Br)c1)C(=O)NC1CCCCC1. The van der Waals surface area contributed by atoms with Gasteiger partial charge in [0.05, 0.1) is 4.47 Å². The maximum Gasteiger partial charge on any atom is 0.262 e. The zero-order valence-electron chi connectivity index (χ0n) is 16.0. The Bertz CT molecular complexity index is 946. The van der Waals surface area contributed by atoms with E-state index in [0.29, 0.717) is 17.4 Å². The summed E-state index contributed by atoms with van der Waals surface area (Å²) in [5.41, 5.74) is 1.75. The van der Waals surface area contributed by atoms with Crippen molar-refractivity contribution in [3.8, 4) is 11.8 Å². The van der Waals surface area contributed by atoms with E-state index in [4.69, 9.17) is 16.3 Å². The van der Waals surface area contributed by atoms with Crippen LogP contribution in [-0.2, 0) is 11.4 Å². The van der Waals surface area contributed by atoms with E-state index in [1.807, 2.05) is 42.5 Å². The second kappa shape index (κ2) is 10.5. The highest BCUT2D eigenvalue weighted by molar-refractivity contribution is 9.10. The number of halogens is 2. The Labute approximate surface area is 184 Å². The molecule has 1 saturated carbocycles. The summed E-state index contributed by atoms with van der Waals surface area (Å²) in [4.78, 5) is 12.4. The van der Waals surface area contributed by atoms with Crippen LogP contribution in [0.5, 0.6) is 5.75 Å². The van der Waals surface area contributed by atoms with E-state index < -0.39 is 0 Å². The van der Waals surface area contributed by atoms with E-state index in [1.165, 1.54) is 6.42 Å². The smallest absolute Gasteiger partial charge is 0.262 e. The molecule has 1 fully saturated rings.